The van der Waals surface area contributed by atoms with Gasteiger partial charge >= 0.3 is 5.69 Å². The lowest BCUT2D eigenvalue weighted by molar-refractivity contribution is -0.384. The molecule has 1 aliphatic rings. The molecular formula is C25H30N4O5. The molecule has 0 unspecified atom stereocenters. The highest BCUT2D eigenvalue weighted by atomic mass is 16.6. The Morgan fingerprint density at radius 3 is 2.62 bits per heavy atom. The van der Waals surface area contributed by atoms with E-state index in [9.17, 15) is 15.2 Å². The largest absolute Gasteiger partial charge is 0.508 e. The third-order valence-corrected chi connectivity index (χ3v) is 6.22. The van der Waals surface area contributed by atoms with Gasteiger partial charge < -0.3 is 24.8 Å². The number of phenols is 1. The molecule has 0 amide bonds. The topological polar surface area (TPSA) is 110 Å². The van der Waals surface area contributed by atoms with Crippen LogP contribution >= 0.6 is 0 Å². The van der Waals surface area contributed by atoms with Crippen molar-refractivity contribution in [3.63, 3.8) is 0 Å². The summed E-state index contributed by atoms with van der Waals surface area (Å²) in [5.41, 5.74) is 1.28. The number of ether oxygens (including phenoxy) is 2. The van der Waals surface area contributed by atoms with Gasteiger partial charge in [-0.25, -0.2) is 4.98 Å². The molecule has 9 heteroatoms. The van der Waals surface area contributed by atoms with Crippen molar-refractivity contribution in [1.82, 2.24) is 9.88 Å². The van der Waals surface area contributed by atoms with Crippen LogP contribution in [0.4, 0.5) is 17.1 Å². The number of aromatic nitrogens is 1. The van der Waals surface area contributed by atoms with E-state index < -0.39 is 4.92 Å². The fourth-order valence-corrected chi connectivity index (χ4v) is 4.18. The number of aromatic hydroxyl groups is 1. The van der Waals surface area contributed by atoms with Crippen LogP contribution in [0.2, 0.25) is 0 Å². The Morgan fingerprint density at radius 1 is 1.21 bits per heavy atom. The van der Waals surface area contributed by atoms with E-state index in [2.05, 4.69) is 22.1 Å². The summed E-state index contributed by atoms with van der Waals surface area (Å²) in [6.45, 7) is 6.12. The zero-order chi connectivity index (χ0) is 24.1. The first-order valence-electron chi connectivity index (χ1n) is 11.5. The first kappa shape index (κ1) is 23.6. The summed E-state index contributed by atoms with van der Waals surface area (Å²) in [6, 6.07) is 9.76. The second-order valence-electron chi connectivity index (χ2n) is 8.69. The van der Waals surface area contributed by atoms with Gasteiger partial charge in [0.1, 0.15) is 17.6 Å². The van der Waals surface area contributed by atoms with Crippen LogP contribution in [0.15, 0.2) is 42.6 Å². The minimum Gasteiger partial charge on any atom is -0.508 e. The number of nitrogens with one attached hydrogen (secondary N) is 1. The Morgan fingerprint density at radius 2 is 1.94 bits per heavy atom. The Labute approximate surface area is 198 Å². The smallest absolute Gasteiger partial charge is 0.311 e. The molecule has 34 heavy (non-hydrogen) atoms. The first-order chi connectivity index (χ1) is 16.4. The van der Waals surface area contributed by atoms with Crippen LogP contribution in [0.3, 0.4) is 0 Å². The number of nitro groups is 1. The molecule has 0 radical (unpaired) electrons. The highest BCUT2D eigenvalue weighted by molar-refractivity contribution is 5.99. The molecule has 2 heterocycles. The normalized spacial score (nSPS) is 14.8. The Hall–Kier alpha value is -3.59. The Kier molecular flexibility index (Phi) is 7.32. The highest BCUT2D eigenvalue weighted by Gasteiger charge is 2.21. The average molecular weight is 467 g/mol. The number of likely N-dealkylation sites (tertiary alicyclic amines) is 1. The molecule has 0 spiro atoms. The van der Waals surface area contributed by atoms with Crippen LogP contribution in [-0.4, -0.2) is 53.3 Å². The standard InChI is InChI=1S/C25H30N4O5/c1-17-8-11-28(12-9-17)10-3-13-34-24-15-21-20(14-23(24)33-2)25(22(16-26-21)29(31)32)27-18-4-6-19(30)7-5-18/h4-7,14-17,30H,3,8-13H2,1-2H3,(H,26,27). The number of phenolic OH excluding ortho intramolecular Hbond substituents is 1. The summed E-state index contributed by atoms with van der Waals surface area (Å²) in [5, 5.41) is 24.8. The van der Waals surface area contributed by atoms with Gasteiger partial charge in [-0.1, -0.05) is 6.92 Å². The molecule has 0 aliphatic carbocycles. The van der Waals surface area contributed by atoms with Crippen molar-refractivity contribution in [2.24, 2.45) is 5.92 Å². The molecule has 0 saturated carbocycles. The summed E-state index contributed by atoms with van der Waals surface area (Å²) < 4.78 is 11.6. The van der Waals surface area contributed by atoms with E-state index in [4.69, 9.17) is 9.47 Å². The summed E-state index contributed by atoms with van der Waals surface area (Å²) in [6.07, 6.45) is 4.63. The molecule has 180 valence electrons. The number of fused-ring (bicyclic) bond motifs is 1. The van der Waals surface area contributed by atoms with Gasteiger partial charge in [-0.05, 0) is 68.6 Å². The molecule has 1 saturated heterocycles. The van der Waals surface area contributed by atoms with Gasteiger partial charge in [-0.2, -0.15) is 0 Å². The Balaban J connectivity index is 1.55. The molecule has 2 N–H and O–H groups in total. The lowest BCUT2D eigenvalue weighted by Gasteiger charge is -2.30. The number of hydrogen-bond acceptors (Lipinski definition) is 8. The molecule has 0 atom stereocenters. The predicted molar refractivity (Wildman–Crippen MR) is 131 cm³/mol. The minimum absolute atomic E-state index is 0.109. The number of pyridine rings is 1. The maximum Gasteiger partial charge on any atom is 0.311 e. The molecule has 3 aromatic rings. The molecule has 1 fully saturated rings. The van der Waals surface area contributed by atoms with Crippen LogP contribution in [0.5, 0.6) is 17.2 Å². The molecule has 9 nitrogen and oxygen atoms in total. The van der Waals surface area contributed by atoms with E-state index in [-0.39, 0.29) is 11.4 Å². The van der Waals surface area contributed by atoms with Crippen molar-refractivity contribution >= 4 is 28.0 Å². The number of rotatable bonds is 9. The van der Waals surface area contributed by atoms with Crippen LogP contribution in [0, 0.1) is 16.0 Å². The molecule has 0 bridgehead atoms. The van der Waals surface area contributed by atoms with Crippen molar-refractivity contribution in [2.45, 2.75) is 26.2 Å². The van der Waals surface area contributed by atoms with E-state index in [1.165, 1.54) is 31.2 Å². The van der Waals surface area contributed by atoms with Crippen molar-refractivity contribution < 1.29 is 19.5 Å². The Bertz CT molecular complexity index is 1140. The maximum atomic E-state index is 11.7. The van der Waals surface area contributed by atoms with Gasteiger partial charge in [0.25, 0.3) is 0 Å². The SMILES string of the molecule is COc1cc2c(Nc3ccc(O)cc3)c([N+](=O)[O-])cnc2cc1OCCCN1CCC(C)CC1. The minimum atomic E-state index is -0.479. The zero-order valence-corrected chi connectivity index (χ0v) is 19.5. The quantitative estimate of drug-likeness (QED) is 0.194. The number of piperidine rings is 1. The van der Waals surface area contributed by atoms with E-state index >= 15 is 0 Å². The van der Waals surface area contributed by atoms with Gasteiger partial charge in [0, 0.05) is 23.7 Å². The van der Waals surface area contributed by atoms with E-state index in [1.807, 2.05) is 0 Å². The molecule has 1 aromatic heterocycles. The predicted octanol–water partition coefficient (Wildman–Crippen LogP) is 5.10. The van der Waals surface area contributed by atoms with Gasteiger partial charge in [0.05, 0.1) is 24.2 Å². The van der Waals surface area contributed by atoms with Crippen LogP contribution in [0.1, 0.15) is 26.2 Å². The van der Waals surface area contributed by atoms with Gasteiger partial charge in [-0.3, -0.25) is 10.1 Å². The molecule has 1 aliphatic heterocycles. The van der Waals surface area contributed by atoms with Crippen LogP contribution in [-0.2, 0) is 0 Å². The zero-order valence-electron chi connectivity index (χ0n) is 19.5. The number of anilines is 2. The van der Waals surface area contributed by atoms with Crippen LogP contribution in [0.25, 0.3) is 10.9 Å². The highest BCUT2D eigenvalue weighted by Crippen LogP contribution is 2.40. The van der Waals surface area contributed by atoms with Gasteiger partial charge in [0.15, 0.2) is 11.5 Å². The third kappa shape index (κ3) is 5.48. The van der Waals surface area contributed by atoms with E-state index in [0.717, 1.165) is 32.0 Å². The lowest BCUT2D eigenvalue weighted by atomic mass is 9.99. The van der Waals surface area contributed by atoms with Gasteiger partial charge in [0.2, 0.25) is 0 Å². The molecule has 4 rings (SSSR count). The van der Waals surface area contributed by atoms with Gasteiger partial charge in [-0.15, -0.1) is 0 Å². The first-order valence-corrected chi connectivity index (χ1v) is 11.5. The summed E-state index contributed by atoms with van der Waals surface area (Å²) in [4.78, 5) is 18.0. The maximum absolute atomic E-state index is 11.7. The summed E-state index contributed by atoms with van der Waals surface area (Å²) in [5.74, 6) is 1.96. The fraction of sp³-hybridized carbons (Fsp3) is 0.400. The number of methoxy groups -OCH3 is 1. The lowest BCUT2D eigenvalue weighted by Crippen LogP contribution is -2.34. The number of benzene rings is 2. The van der Waals surface area contributed by atoms with Crippen molar-refractivity contribution in [3.05, 3.63) is 52.7 Å². The number of hydrogen-bond donors (Lipinski definition) is 2. The third-order valence-electron chi connectivity index (χ3n) is 6.22. The fourth-order valence-electron chi connectivity index (χ4n) is 4.18. The van der Waals surface area contributed by atoms with Crippen LogP contribution < -0.4 is 14.8 Å². The van der Waals surface area contributed by atoms with E-state index in [0.29, 0.717) is 40.4 Å². The van der Waals surface area contributed by atoms with Crippen molar-refractivity contribution in [3.8, 4) is 17.2 Å². The molecule has 2 aromatic carbocycles. The summed E-state index contributed by atoms with van der Waals surface area (Å²) in [7, 11) is 1.54. The average Bonchev–Trinajstić information content (AvgIpc) is 2.83. The second kappa shape index (κ2) is 10.6. The summed E-state index contributed by atoms with van der Waals surface area (Å²) >= 11 is 0. The monoisotopic (exact) mass is 466 g/mol. The van der Waals surface area contributed by atoms with Crippen molar-refractivity contribution in [1.29, 1.82) is 0 Å². The second-order valence-corrected chi connectivity index (χ2v) is 8.69. The van der Waals surface area contributed by atoms with E-state index in [1.54, 1.807) is 31.4 Å². The number of nitrogens with zero attached hydrogens (tertiary/aromatic N) is 3. The van der Waals surface area contributed by atoms with Crippen molar-refractivity contribution in [2.75, 3.05) is 38.7 Å². The molecular weight excluding hydrogens is 436 g/mol.